The van der Waals surface area contributed by atoms with E-state index in [1.54, 1.807) is 6.20 Å². The number of ether oxygens (including phenoxy) is 1. The van der Waals surface area contributed by atoms with Crippen LogP contribution in [-0.2, 0) is 11.2 Å². The minimum absolute atomic E-state index is 0.379. The van der Waals surface area contributed by atoms with Gasteiger partial charge in [-0.25, -0.2) is 9.97 Å². The fourth-order valence-corrected chi connectivity index (χ4v) is 3.50. The van der Waals surface area contributed by atoms with E-state index in [-0.39, 0.29) is 0 Å². The molecule has 1 saturated heterocycles. The Kier molecular flexibility index (Phi) is 4.30. The standard InChI is InChI=1S/C18H22N4O/c1-4-16(21-14-6-9-23-10-7-14)15-12-20-18(22-17(15)5-1)13-3-2-8-19-11-13/h2-3,8,11-12,14,16,21H,1,4-7,9-10H2/t16-/m0/s1. The number of nitrogens with zero attached hydrogens (tertiary/aromatic N) is 3. The van der Waals surface area contributed by atoms with Crippen LogP contribution < -0.4 is 5.32 Å². The summed E-state index contributed by atoms with van der Waals surface area (Å²) in [6.45, 7) is 1.74. The first kappa shape index (κ1) is 14.7. The van der Waals surface area contributed by atoms with Crippen molar-refractivity contribution in [2.24, 2.45) is 0 Å². The van der Waals surface area contributed by atoms with E-state index in [4.69, 9.17) is 9.72 Å². The summed E-state index contributed by atoms with van der Waals surface area (Å²) in [5.74, 6) is 0.781. The monoisotopic (exact) mass is 310 g/mol. The van der Waals surface area contributed by atoms with Crippen LogP contribution in [0.5, 0.6) is 0 Å². The van der Waals surface area contributed by atoms with Gasteiger partial charge in [0.1, 0.15) is 0 Å². The first-order chi connectivity index (χ1) is 11.4. The van der Waals surface area contributed by atoms with Gasteiger partial charge >= 0.3 is 0 Å². The average molecular weight is 310 g/mol. The molecule has 2 aromatic heterocycles. The second-order valence-electron chi connectivity index (χ2n) is 6.34. The Hall–Kier alpha value is -1.85. The molecule has 3 heterocycles. The van der Waals surface area contributed by atoms with Crippen molar-refractivity contribution in [2.75, 3.05) is 13.2 Å². The summed E-state index contributed by atoms with van der Waals surface area (Å²) in [6.07, 6.45) is 11.2. The minimum atomic E-state index is 0.379. The molecular weight excluding hydrogens is 288 g/mol. The number of rotatable bonds is 3. The number of hydrogen-bond donors (Lipinski definition) is 1. The first-order valence-electron chi connectivity index (χ1n) is 8.50. The van der Waals surface area contributed by atoms with Gasteiger partial charge < -0.3 is 10.1 Å². The highest BCUT2D eigenvalue weighted by atomic mass is 16.5. The zero-order valence-corrected chi connectivity index (χ0v) is 13.2. The quantitative estimate of drug-likeness (QED) is 0.944. The van der Waals surface area contributed by atoms with Gasteiger partial charge in [0.2, 0.25) is 0 Å². The predicted molar refractivity (Wildman–Crippen MR) is 87.9 cm³/mol. The molecule has 1 aliphatic heterocycles. The van der Waals surface area contributed by atoms with Gasteiger partial charge in [0.05, 0.1) is 0 Å². The van der Waals surface area contributed by atoms with Crippen LogP contribution in [-0.4, -0.2) is 34.2 Å². The topological polar surface area (TPSA) is 59.9 Å². The van der Waals surface area contributed by atoms with Crippen molar-refractivity contribution >= 4 is 0 Å². The van der Waals surface area contributed by atoms with E-state index >= 15 is 0 Å². The van der Waals surface area contributed by atoms with Gasteiger partial charge in [-0.3, -0.25) is 4.98 Å². The van der Waals surface area contributed by atoms with Crippen molar-refractivity contribution < 1.29 is 4.74 Å². The van der Waals surface area contributed by atoms with E-state index in [0.29, 0.717) is 12.1 Å². The molecule has 5 heteroatoms. The molecule has 1 fully saturated rings. The molecular formula is C18H22N4O. The molecule has 1 atom stereocenters. The van der Waals surface area contributed by atoms with E-state index in [1.807, 2.05) is 24.5 Å². The Morgan fingerprint density at radius 2 is 2.04 bits per heavy atom. The summed E-state index contributed by atoms with van der Waals surface area (Å²) < 4.78 is 5.45. The molecule has 0 bridgehead atoms. The van der Waals surface area contributed by atoms with E-state index < -0.39 is 0 Å². The van der Waals surface area contributed by atoms with Crippen molar-refractivity contribution in [2.45, 2.75) is 44.2 Å². The van der Waals surface area contributed by atoms with E-state index in [0.717, 1.165) is 43.9 Å². The minimum Gasteiger partial charge on any atom is -0.381 e. The molecule has 4 rings (SSSR count). The van der Waals surface area contributed by atoms with Crippen LogP contribution >= 0.6 is 0 Å². The molecule has 1 N–H and O–H groups in total. The molecule has 2 aliphatic rings. The van der Waals surface area contributed by atoms with Crippen LogP contribution in [0.3, 0.4) is 0 Å². The third-order valence-corrected chi connectivity index (χ3v) is 4.76. The molecule has 23 heavy (non-hydrogen) atoms. The number of aryl methyl sites for hydroxylation is 1. The highest BCUT2D eigenvalue weighted by Crippen LogP contribution is 2.30. The smallest absolute Gasteiger partial charge is 0.160 e. The van der Waals surface area contributed by atoms with Crippen LogP contribution in [0.2, 0.25) is 0 Å². The maximum absolute atomic E-state index is 5.45. The van der Waals surface area contributed by atoms with Crippen molar-refractivity contribution in [3.63, 3.8) is 0 Å². The average Bonchev–Trinajstić information content (AvgIpc) is 2.63. The second kappa shape index (κ2) is 6.72. The summed E-state index contributed by atoms with van der Waals surface area (Å²) in [5.41, 5.74) is 3.44. The Bertz CT molecular complexity index is 655. The van der Waals surface area contributed by atoms with Crippen molar-refractivity contribution in [3.05, 3.63) is 42.0 Å². The first-order valence-corrected chi connectivity index (χ1v) is 8.50. The zero-order valence-electron chi connectivity index (χ0n) is 13.2. The molecule has 5 nitrogen and oxygen atoms in total. The summed E-state index contributed by atoms with van der Waals surface area (Å²) >= 11 is 0. The van der Waals surface area contributed by atoms with Crippen LogP contribution in [0, 0.1) is 0 Å². The molecule has 2 aromatic rings. The zero-order chi connectivity index (χ0) is 15.5. The normalized spacial score (nSPS) is 21.8. The molecule has 0 unspecified atom stereocenters. The number of nitrogens with one attached hydrogen (secondary N) is 1. The number of aromatic nitrogens is 3. The van der Waals surface area contributed by atoms with Gasteiger partial charge in [-0.15, -0.1) is 0 Å². The SMILES string of the molecule is c1cncc(-c2ncc3c(n2)CCC[C@@H]3NC2CCOCC2)c1. The van der Waals surface area contributed by atoms with Crippen molar-refractivity contribution in [1.29, 1.82) is 0 Å². The van der Waals surface area contributed by atoms with E-state index in [1.165, 1.54) is 24.1 Å². The van der Waals surface area contributed by atoms with Crippen LogP contribution in [0.15, 0.2) is 30.7 Å². The summed E-state index contributed by atoms with van der Waals surface area (Å²) in [7, 11) is 0. The fraction of sp³-hybridized carbons (Fsp3) is 0.500. The van der Waals surface area contributed by atoms with Gasteiger partial charge in [-0.1, -0.05) is 0 Å². The van der Waals surface area contributed by atoms with Gasteiger partial charge in [-0.2, -0.15) is 0 Å². The Balaban J connectivity index is 1.56. The fourth-order valence-electron chi connectivity index (χ4n) is 3.50. The van der Waals surface area contributed by atoms with Crippen LogP contribution in [0.25, 0.3) is 11.4 Å². The molecule has 0 spiro atoms. The highest BCUT2D eigenvalue weighted by Gasteiger charge is 2.25. The summed E-state index contributed by atoms with van der Waals surface area (Å²) in [6, 6.07) is 4.87. The van der Waals surface area contributed by atoms with Crippen LogP contribution in [0.1, 0.15) is 43.0 Å². The lowest BCUT2D eigenvalue weighted by molar-refractivity contribution is 0.0741. The molecule has 0 aromatic carbocycles. The molecule has 0 amide bonds. The molecule has 120 valence electrons. The van der Waals surface area contributed by atoms with Gasteiger partial charge in [0.25, 0.3) is 0 Å². The lowest BCUT2D eigenvalue weighted by atomic mass is 9.91. The Labute approximate surface area is 136 Å². The number of hydrogen-bond acceptors (Lipinski definition) is 5. The van der Waals surface area contributed by atoms with Crippen LogP contribution in [0.4, 0.5) is 0 Å². The van der Waals surface area contributed by atoms with Gasteiger partial charge in [0.15, 0.2) is 5.82 Å². The van der Waals surface area contributed by atoms with Gasteiger partial charge in [0, 0.05) is 60.7 Å². The lowest BCUT2D eigenvalue weighted by Crippen LogP contribution is -2.38. The maximum atomic E-state index is 5.45. The second-order valence-corrected chi connectivity index (χ2v) is 6.34. The van der Waals surface area contributed by atoms with E-state index in [2.05, 4.69) is 15.3 Å². The summed E-state index contributed by atoms with van der Waals surface area (Å²) in [4.78, 5) is 13.6. The third-order valence-electron chi connectivity index (χ3n) is 4.76. The largest absolute Gasteiger partial charge is 0.381 e. The predicted octanol–water partition coefficient (Wildman–Crippen LogP) is 2.68. The Morgan fingerprint density at radius 3 is 2.87 bits per heavy atom. The van der Waals surface area contributed by atoms with Crippen molar-refractivity contribution in [3.8, 4) is 11.4 Å². The van der Waals surface area contributed by atoms with E-state index in [9.17, 15) is 0 Å². The maximum Gasteiger partial charge on any atom is 0.160 e. The molecule has 0 saturated carbocycles. The summed E-state index contributed by atoms with van der Waals surface area (Å²) in [5, 5.41) is 3.80. The third kappa shape index (κ3) is 3.26. The van der Waals surface area contributed by atoms with Gasteiger partial charge in [-0.05, 0) is 44.2 Å². The molecule has 1 aliphatic carbocycles. The lowest BCUT2D eigenvalue weighted by Gasteiger charge is -2.31. The highest BCUT2D eigenvalue weighted by molar-refractivity contribution is 5.53. The number of pyridine rings is 1. The Morgan fingerprint density at radius 1 is 1.13 bits per heavy atom. The molecule has 0 radical (unpaired) electrons. The van der Waals surface area contributed by atoms with Crippen molar-refractivity contribution in [1.82, 2.24) is 20.3 Å². The number of fused-ring (bicyclic) bond motifs is 1.